The predicted molar refractivity (Wildman–Crippen MR) is 390 cm³/mol. The highest BCUT2D eigenvalue weighted by Crippen LogP contribution is 2.45. The number of phosphoric ester groups is 2. The Bertz CT molecular complexity index is 1960. The molecule has 0 saturated carbocycles. The SMILES string of the molecule is CCCCCC/C=C\C=C/CCCCCCCC(=O)OC[C@H](COP(=O)(O)OC[C@@H](O)COP(=O)(O)OC[C@@H](COC(=O)CCCCCCCCC(C)C)OC(=O)CCCCCCCCCCCCCCCC(C)C)OC(=O)CCCCCCCCCCCCCCCC(C)C. The van der Waals surface area contributed by atoms with Gasteiger partial charge in [0.1, 0.15) is 19.3 Å². The number of hydrogen-bond acceptors (Lipinski definition) is 15. The van der Waals surface area contributed by atoms with Gasteiger partial charge in [0.05, 0.1) is 26.4 Å². The Morgan fingerprint density at radius 3 is 0.844 bits per heavy atom. The second-order valence-electron chi connectivity index (χ2n) is 28.5. The van der Waals surface area contributed by atoms with E-state index in [4.69, 9.17) is 37.0 Å². The van der Waals surface area contributed by atoms with Gasteiger partial charge >= 0.3 is 39.5 Å². The van der Waals surface area contributed by atoms with Gasteiger partial charge in [-0.15, -0.1) is 0 Å². The summed E-state index contributed by atoms with van der Waals surface area (Å²) in [6.07, 6.45) is 56.4. The molecule has 2 unspecified atom stereocenters. The molecular weight excluding hydrogens is 1260 g/mol. The van der Waals surface area contributed by atoms with E-state index in [1.165, 1.54) is 154 Å². The van der Waals surface area contributed by atoms with E-state index >= 15 is 0 Å². The fourth-order valence-corrected chi connectivity index (χ4v) is 12.8. The van der Waals surface area contributed by atoms with Gasteiger partial charge in [-0.05, 0) is 69.1 Å². The van der Waals surface area contributed by atoms with E-state index in [2.05, 4.69) is 72.8 Å². The summed E-state index contributed by atoms with van der Waals surface area (Å²) in [4.78, 5) is 72.8. The quantitative estimate of drug-likeness (QED) is 0.0169. The van der Waals surface area contributed by atoms with Crippen LogP contribution in [-0.2, 0) is 65.4 Å². The van der Waals surface area contributed by atoms with Crippen LogP contribution >= 0.6 is 15.6 Å². The van der Waals surface area contributed by atoms with Gasteiger partial charge in [-0.25, -0.2) is 9.13 Å². The van der Waals surface area contributed by atoms with Crippen LogP contribution in [0.15, 0.2) is 24.3 Å². The van der Waals surface area contributed by atoms with Crippen molar-refractivity contribution in [2.24, 2.45) is 17.8 Å². The van der Waals surface area contributed by atoms with Crippen LogP contribution in [0.4, 0.5) is 0 Å². The third-order valence-electron chi connectivity index (χ3n) is 17.3. The van der Waals surface area contributed by atoms with Gasteiger partial charge < -0.3 is 33.8 Å². The number of phosphoric acid groups is 2. The molecule has 0 bridgehead atoms. The Labute approximate surface area is 586 Å². The molecule has 0 aromatic heterocycles. The maximum atomic E-state index is 13.1. The molecule has 17 nitrogen and oxygen atoms in total. The maximum Gasteiger partial charge on any atom is 0.472 e. The number of esters is 4. The number of rotatable bonds is 73. The van der Waals surface area contributed by atoms with Gasteiger partial charge in [-0.2, -0.15) is 0 Å². The van der Waals surface area contributed by atoms with Crippen molar-refractivity contribution in [1.82, 2.24) is 0 Å². The van der Waals surface area contributed by atoms with Gasteiger partial charge in [0.2, 0.25) is 0 Å². The number of aliphatic hydroxyl groups is 1. The zero-order valence-electron chi connectivity index (χ0n) is 62.3. The summed E-state index contributed by atoms with van der Waals surface area (Å²) in [6.45, 7) is 11.8. The lowest BCUT2D eigenvalue weighted by atomic mass is 10.0. The van der Waals surface area contributed by atoms with Crippen LogP contribution < -0.4 is 0 Å². The molecule has 0 saturated heterocycles. The van der Waals surface area contributed by atoms with E-state index in [0.717, 1.165) is 127 Å². The molecule has 0 heterocycles. The van der Waals surface area contributed by atoms with Crippen molar-refractivity contribution in [3.05, 3.63) is 24.3 Å². The third-order valence-corrected chi connectivity index (χ3v) is 19.2. The second kappa shape index (κ2) is 67.1. The van der Waals surface area contributed by atoms with Crippen molar-refractivity contribution >= 4 is 39.5 Å². The van der Waals surface area contributed by atoms with E-state index in [-0.39, 0.29) is 25.7 Å². The molecule has 0 aromatic rings. The van der Waals surface area contributed by atoms with Crippen LogP contribution in [0, 0.1) is 17.8 Å². The van der Waals surface area contributed by atoms with E-state index < -0.39 is 97.5 Å². The number of unbranched alkanes of at least 4 members (excludes halogenated alkanes) is 38. The first-order valence-electron chi connectivity index (χ1n) is 39.2. The number of carbonyl (C=O) groups is 4. The summed E-state index contributed by atoms with van der Waals surface area (Å²) in [6, 6.07) is 0. The Hall–Kier alpha value is -2.46. The monoisotopic (exact) mass is 1410 g/mol. The zero-order valence-corrected chi connectivity index (χ0v) is 64.1. The Morgan fingerprint density at radius 2 is 0.562 bits per heavy atom. The Balaban J connectivity index is 5.27. The van der Waals surface area contributed by atoms with Crippen molar-refractivity contribution in [2.45, 2.75) is 388 Å². The Morgan fingerprint density at radius 1 is 0.323 bits per heavy atom. The highest BCUT2D eigenvalue weighted by atomic mass is 31.2. The largest absolute Gasteiger partial charge is 0.472 e. The molecule has 0 fully saturated rings. The molecule has 0 aliphatic rings. The predicted octanol–water partition coefficient (Wildman–Crippen LogP) is 22.1. The molecule has 3 N–H and O–H groups in total. The minimum Gasteiger partial charge on any atom is -0.462 e. The summed E-state index contributed by atoms with van der Waals surface area (Å²) < 4.78 is 68.5. The first kappa shape index (κ1) is 93.5. The molecule has 96 heavy (non-hydrogen) atoms. The molecule has 0 aromatic carbocycles. The average Bonchev–Trinajstić information content (AvgIpc) is 1.12. The smallest absolute Gasteiger partial charge is 0.462 e. The standard InChI is InChI=1S/C77H146O17P2/c1-8-9-10-11-12-13-14-15-16-21-26-31-36-44-51-58-74(79)87-64-72(93-76(81)60-53-46-37-32-27-22-17-19-24-29-34-41-48-55-68(2)3)66-91-95(83,84)89-62-71(78)63-90-96(85,86)92-67-73(65-88-75(80)59-52-45-40-39-43-50-57-70(6)7)94-77(82)61-54-47-38-33-28-23-18-20-25-30-35-42-49-56-69(4)5/h13-16,68-73,78H,8-12,17-67H2,1-7H3,(H,83,84)(H,85,86)/b14-13-,16-15-/t71-,72-,73-/m1/s1. The van der Waals surface area contributed by atoms with E-state index in [1.807, 2.05) is 0 Å². The van der Waals surface area contributed by atoms with Crippen molar-refractivity contribution in [1.29, 1.82) is 0 Å². The van der Waals surface area contributed by atoms with E-state index in [0.29, 0.717) is 31.6 Å². The van der Waals surface area contributed by atoms with Crippen molar-refractivity contribution in [3.8, 4) is 0 Å². The summed E-state index contributed by atoms with van der Waals surface area (Å²) in [7, 11) is -9.93. The molecule has 0 amide bonds. The first-order valence-corrected chi connectivity index (χ1v) is 42.2. The third kappa shape index (κ3) is 70.0. The second-order valence-corrected chi connectivity index (χ2v) is 31.4. The molecule has 0 aliphatic heterocycles. The summed E-state index contributed by atoms with van der Waals surface area (Å²) in [5.41, 5.74) is 0. The number of aliphatic hydroxyl groups excluding tert-OH is 1. The van der Waals surface area contributed by atoms with E-state index in [9.17, 15) is 43.2 Å². The molecule has 0 spiro atoms. The Kier molecular flexibility index (Phi) is 65.3. The topological polar surface area (TPSA) is 237 Å². The molecule has 0 rings (SSSR count). The fraction of sp³-hybridized carbons (Fsp3) is 0.896. The number of carbonyl (C=O) groups excluding carboxylic acids is 4. The minimum absolute atomic E-state index is 0.0999. The van der Waals surface area contributed by atoms with Crippen LogP contribution in [-0.4, -0.2) is 96.7 Å². The summed E-state index contributed by atoms with van der Waals surface area (Å²) >= 11 is 0. The van der Waals surface area contributed by atoms with Crippen LogP contribution in [0.3, 0.4) is 0 Å². The molecule has 0 aliphatic carbocycles. The normalized spacial score (nSPS) is 14.2. The lowest BCUT2D eigenvalue weighted by molar-refractivity contribution is -0.161. The summed E-state index contributed by atoms with van der Waals surface area (Å²) in [5, 5.41) is 10.6. The fourth-order valence-electron chi connectivity index (χ4n) is 11.2. The highest BCUT2D eigenvalue weighted by Gasteiger charge is 2.30. The van der Waals surface area contributed by atoms with Crippen molar-refractivity contribution < 1.29 is 80.2 Å². The summed E-state index contributed by atoms with van der Waals surface area (Å²) in [5.74, 6) is 0.0986. The van der Waals surface area contributed by atoms with Crippen molar-refractivity contribution in [2.75, 3.05) is 39.6 Å². The van der Waals surface area contributed by atoms with E-state index in [1.54, 1.807) is 0 Å². The first-order chi connectivity index (χ1) is 46.2. The molecule has 566 valence electrons. The highest BCUT2D eigenvalue weighted by molar-refractivity contribution is 7.47. The van der Waals surface area contributed by atoms with Crippen molar-refractivity contribution in [3.63, 3.8) is 0 Å². The number of ether oxygens (including phenoxy) is 4. The average molecular weight is 1410 g/mol. The minimum atomic E-state index is -4.97. The number of hydrogen-bond donors (Lipinski definition) is 3. The van der Waals surface area contributed by atoms with Gasteiger partial charge in [0.15, 0.2) is 12.2 Å². The number of allylic oxidation sites excluding steroid dienone is 4. The molecular formula is C77H146O17P2. The molecule has 0 radical (unpaired) electrons. The maximum absolute atomic E-state index is 13.1. The van der Waals surface area contributed by atoms with Gasteiger partial charge in [0, 0.05) is 25.7 Å². The van der Waals surface area contributed by atoms with Crippen LogP contribution in [0.2, 0.25) is 0 Å². The zero-order chi connectivity index (χ0) is 70.9. The van der Waals surface area contributed by atoms with Crippen LogP contribution in [0.1, 0.15) is 370 Å². The lowest BCUT2D eigenvalue weighted by Gasteiger charge is -2.21. The van der Waals surface area contributed by atoms with Gasteiger partial charge in [0.25, 0.3) is 0 Å². The lowest BCUT2D eigenvalue weighted by Crippen LogP contribution is -2.30. The van der Waals surface area contributed by atoms with Crippen LogP contribution in [0.5, 0.6) is 0 Å². The van der Waals surface area contributed by atoms with Gasteiger partial charge in [-0.1, -0.05) is 317 Å². The van der Waals surface area contributed by atoms with Crippen LogP contribution in [0.25, 0.3) is 0 Å². The van der Waals surface area contributed by atoms with Gasteiger partial charge in [-0.3, -0.25) is 37.3 Å². The molecule has 19 heteroatoms. The molecule has 5 atom stereocenters.